The van der Waals surface area contributed by atoms with Crippen LogP contribution in [0.2, 0.25) is 0 Å². The van der Waals surface area contributed by atoms with Crippen LogP contribution in [0.1, 0.15) is 46.5 Å². The van der Waals surface area contributed by atoms with Gasteiger partial charge in [0.1, 0.15) is 0 Å². The Bertz CT molecular complexity index is 182. The molecule has 0 aliphatic heterocycles. The molecular weight excluding hydrogens is 248 g/mol. The fraction of sp³-hybridized carbons (Fsp3) is 1.00. The Morgan fingerprint density at radius 1 is 0.944 bits per heavy atom. The first-order valence-corrected chi connectivity index (χ1v) is 8.34. The molecule has 0 fully saturated rings. The summed E-state index contributed by atoms with van der Waals surface area (Å²) in [6.45, 7) is 8.63. The average Bonchev–Trinajstić information content (AvgIpc) is 2.35. The van der Waals surface area contributed by atoms with E-state index in [2.05, 4.69) is 6.92 Å². The quantitative estimate of drug-likeness (QED) is 0.521. The zero-order valence-electron chi connectivity index (χ0n) is 12.1. The van der Waals surface area contributed by atoms with E-state index in [9.17, 15) is 0 Å². The molecule has 0 atom stereocenters. The molecule has 18 heavy (non-hydrogen) atoms. The lowest BCUT2D eigenvalue weighted by Crippen LogP contribution is -2.40. The monoisotopic (exact) mass is 278 g/mol. The van der Waals surface area contributed by atoms with Crippen molar-refractivity contribution in [1.82, 2.24) is 0 Å². The standard InChI is InChI=1S/C12H30N2O3Si/c1-4-15-18(16-5-2)17-12(3,8-6-10-13)9-7-11-14/h18H,4-11,13-14H2,1-3H3. The average molecular weight is 278 g/mol. The summed E-state index contributed by atoms with van der Waals surface area (Å²) in [7, 11) is -2.03. The number of nitrogens with two attached hydrogens (primary N) is 2. The molecule has 110 valence electrons. The minimum Gasteiger partial charge on any atom is -0.376 e. The Hall–Kier alpha value is 0.0169. The van der Waals surface area contributed by atoms with Crippen LogP contribution < -0.4 is 11.5 Å². The van der Waals surface area contributed by atoms with Crippen LogP contribution in [0.25, 0.3) is 0 Å². The van der Waals surface area contributed by atoms with Crippen LogP contribution >= 0.6 is 0 Å². The highest BCUT2D eigenvalue weighted by Gasteiger charge is 2.30. The van der Waals surface area contributed by atoms with Crippen molar-refractivity contribution >= 4 is 9.53 Å². The van der Waals surface area contributed by atoms with E-state index in [0.717, 1.165) is 25.7 Å². The van der Waals surface area contributed by atoms with Crippen molar-refractivity contribution in [3.05, 3.63) is 0 Å². The molecule has 5 nitrogen and oxygen atoms in total. The molecule has 0 saturated carbocycles. The van der Waals surface area contributed by atoms with Gasteiger partial charge in [0.15, 0.2) is 0 Å². The van der Waals surface area contributed by atoms with Crippen molar-refractivity contribution in [3.8, 4) is 0 Å². The maximum absolute atomic E-state index is 6.11. The van der Waals surface area contributed by atoms with Crippen LogP contribution in [0.4, 0.5) is 0 Å². The first-order chi connectivity index (χ1) is 8.61. The van der Waals surface area contributed by atoms with E-state index in [4.69, 9.17) is 24.7 Å². The third-order valence-corrected chi connectivity index (χ3v) is 4.78. The molecule has 0 bridgehead atoms. The zero-order valence-corrected chi connectivity index (χ0v) is 13.3. The van der Waals surface area contributed by atoms with Gasteiger partial charge in [-0.15, -0.1) is 0 Å². The van der Waals surface area contributed by atoms with E-state index in [1.54, 1.807) is 0 Å². The van der Waals surface area contributed by atoms with E-state index in [0.29, 0.717) is 26.3 Å². The van der Waals surface area contributed by atoms with Gasteiger partial charge in [0.2, 0.25) is 0 Å². The van der Waals surface area contributed by atoms with Crippen LogP contribution in [0.3, 0.4) is 0 Å². The first-order valence-electron chi connectivity index (χ1n) is 6.93. The third-order valence-electron chi connectivity index (χ3n) is 2.81. The van der Waals surface area contributed by atoms with Crippen LogP contribution in [0.15, 0.2) is 0 Å². The number of rotatable bonds is 12. The zero-order chi connectivity index (χ0) is 13.9. The predicted molar refractivity (Wildman–Crippen MR) is 76.5 cm³/mol. The topological polar surface area (TPSA) is 79.7 Å². The van der Waals surface area contributed by atoms with Crippen molar-refractivity contribution in [1.29, 1.82) is 0 Å². The summed E-state index contributed by atoms with van der Waals surface area (Å²) in [6.07, 6.45) is 3.74. The highest BCUT2D eigenvalue weighted by Crippen LogP contribution is 2.24. The lowest BCUT2D eigenvalue weighted by atomic mass is 9.94. The van der Waals surface area contributed by atoms with Gasteiger partial charge in [-0.3, -0.25) is 0 Å². The summed E-state index contributed by atoms with van der Waals surface area (Å²) in [5.74, 6) is 0. The third kappa shape index (κ3) is 8.18. The highest BCUT2D eigenvalue weighted by atomic mass is 28.3. The molecule has 0 saturated heterocycles. The molecule has 0 aromatic carbocycles. The molecule has 0 unspecified atom stereocenters. The molecule has 0 aliphatic rings. The first kappa shape index (κ1) is 18.0. The highest BCUT2D eigenvalue weighted by molar-refractivity contribution is 6.36. The summed E-state index contributed by atoms with van der Waals surface area (Å²) in [6, 6.07) is 0. The van der Waals surface area contributed by atoms with Crippen LogP contribution in [0.5, 0.6) is 0 Å². The van der Waals surface area contributed by atoms with Crippen molar-refractivity contribution in [2.24, 2.45) is 11.5 Å². The molecule has 0 spiro atoms. The normalized spacial score (nSPS) is 12.3. The van der Waals surface area contributed by atoms with Gasteiger partial charge in [-0.25, -0.2) is 0 Å². The van der Waals surface area contributed by atoms with E-state index >= 15 is 0 Å². The molecule has 0 radical (unpaired) electrons. The van der Waals surface area contributed by atoms with Gasteiger partial charge in [0, 0.05) is 13.2 Å². The van der Waals surface area contributed by atoms with Gasteiger partial charge in [-0.2, -0.15) is 0 Å². The minimum atomic E-state index is -2.03. The molecule has 0 amide bonds. The lowest BCUT2D eigenvalue weighted by Gasteiger charge is -2.33. The van der Waals surface area contributed by atoms with E-state index in [1.165, 1.54) is 0 Å². The van der Waals surface area contributed by atoms with Crippen molar-refractivity contribution in [2.75, 3.05) is 26.3 Å². The Labute approximate surface area is 113 Å². The van der Waals surface area contributed by atoms with Gasteiger partial charge in [0.05, 0.1) is 5.60 Å². The lowest BCUT2D eigenvalue weighted by molar-refractivity contribution is -0.00808. The minimum absolute atomic E-state index is 0.222. The Kier molecular flexibility index (Phi) is 10.9. The fourth-order valence-corrected chi connectivity index (χ4v) is 3.29. The van der Waals surface area contributed by atoms with Crippen LogP contribution in [-0.4, -0.2) is 41.4 Å². The summed E-state index contributed by atoms with van der Waals surface area (Å²) < 4.78 is 17.2. The van der Waals surface area contributed by atoms with Gasteiger partial charge in [-0.1, -0.05) is 0 Å². The number of hydrogen-bond acceptors (Lipinski definition) is 5. The molecule has 0 aromatic heterocycles. The van der Waals surface area contributed by atoms with E-state index < -0.39 is 9.53 Å². The van der Waals surface area contributed by atoms with E-state index in [1.807, 2.05) is 13.8 Å². The Morgan fingerprint density at radius 3 is 1.72 bits per heavy atom. The summed E-state index contributed by atoms with van der Waals surface area (Å²) in [5.41, 5.74) is 10.9. The van der Waals surface area contributed by atoms with Crippen molar-refractivity contribution in [2.45, 2.75) is 52.1 Å². The maximum atomic E-state index is 6.11. The van der Waals surface area contributed by atoms with E-state index in [-0.39, 0.29) is 5.60 Å². The molecule has 6 heteroatoms. The largest absolute Gasteiger partial charge is 0.484 e. The molecule has 4 N–H and O–H groups in total. The van der Waals surface area contributed by atoms with Gasteiger partial charge in [-0.05, 0) is 59.5 Å². The smallest absolute Gasteiger partial charge is 0.376 e. The van der Waals surface area contributed by atoms with Crippen molar-refractivity contribution in [3.63, 3.8) is 0 Å². The summed E-state index contributed by atoms with van der Waals surface area (Å²) in [5, 5.41) is 0. The van der Waals surface area contributed by atoms with Crippen LogP contribution in [0, 0.1) is 0 Å². The SMILES string of the molecule is CCO[SiH](OCC)OC(C)(CCCN)CCCN. The van der Waals surface area contributed by atoms with Crippen LogP contribution in [-0.2, 0) is 13.3 Å². The molecular formula is C12H30N2O3Si. The Morgan fingerprint density at radius 2 is 1.39 bits per heavy atom. The molecule has 0 heterocycles. The Balaban J connectivity index is 4.40. The summed E-state index contributed by atoms with van der Waals surface area (Å²) in [4.78, 5) is 0. The maximum Gasteiger partial charge on any atom is 0.484 e. The van der Waals surface area contributed by atoms with Crippen molar-refractivity contribution < 1.29 is 13.3 Å². The number of hydrogen-bond donors (Lipinski definition) is 2. The second-order valence-corrected chi connectivity index (χ2v) is 6.03. The molecule has 0 aromatic rings. The predicted octanol–water partition coefficient (Wildman–Crippen LogP) is 1.03. The molecule has 0 rings (SSSR count). The van der Waals surface area contributed by atoms with Gasteiger partial charge in [0.25, 0.3) is 0 Å². The summed E-state index contributed by atoms with van der Waals surface area (Å²) >= 11 is 0. The second-order valence-electron chi connectivity index (χ2n) is 4.55. The molecule has 0 aliphatic carbocycles. The second kappa shape index (κ2) is 10.9. The van der Waals surface area contributed by atoms with Gasteiger partial charge >= 0.3 is 9.53 Å². The fourth-order valence-electron chi connectivity index (χ4n) is 1.82. The van der Waals surface area contributed by atoms with Gasteiger partial charge < -0.3 is 24.7 Å².